The van der Waals surface area contributed by atoms with Crippen molar-refractivity contribution in [3.05, 3.63) is 24.3 Å². The molecule has 0 bridgehead atoms. The van der Waals surface area contributed by atoms with Gasteiger partial charge in [-0.3, -0.25) is 0 Å². The number of anilines is 1. The fourth-order valence-electron chi connectivity index (χ4n) is 1.42. The van der Waals surface area contributed by atoms with Gasteiger partial charge in [0, 0.05) is 18.4 Å². The molecular weight excluding hydrogens is 216 g/mol. The van der Waals surface area contributed by atoms with Gasteiger partial charge in [0.15, 0.2) is 0 Å². The van der Waals surface area contributed by atoms with Crippen molar-refractivity contribution in [3.63, 3.8) is 0 Å². The Bertz CT molecular complexity index is 401. The lowest BCUT2D eigenvalue weighted by Gasteiger charge is -2.24. The van der Waals surface area contributed by atoms with E-state index in [0.717, 1.165) is 11.4 Å². The summed E-state index contributed by atoms with van der Waals surface area (Å²) in [5, 5.41) is 12.3. The number of ether oxygens (including phenoxy) is 2. The molecule has 0 aliphatic rings. The van der Waals surface area contributed by atoms with Crippen molar-refractivity contribution >= 4 is 5.69 Å². The lowest BCUT2D eigenvalue weighted by Crippen LogP contribution is -2.38. The van der Waals surface area contributed by atoms with E-state index in [0.29, 0.717) is 13.2 Å². The van der Waals surface area contributed by atoms with Gasteiger partial charge in [0.2, 0.25) is 0 Å². The second kappa shape index (κ2) is 6.12. The first kappa shape index (κ1) is 13.3. The summed E-state index contributed by atoms with van der Waals surface area (Å²) in [5.41, 5.74) is 0.107. The molecule has 1 rings (SSSR count). The maximum Gasteiger partial charge on any atom is 0.146 e. The third-order valence-corrected chi connectivity index (χ3v) is 2.33. The van der Waals surface area contributed by atoms with Crippen LogP contribution in [0.2, 0.25) is 0 Å². The zero-order valence-corrected chi connectivity index (χ0v) is 10.5. The molecule has 17 heavy (non-hydrogen) atoms. The summed E-state index contributed by atoms with van der Waals surface area (Å²) in [4.78, 5) is 0. The molecule has 0 radical (unpaired) electrons. The number of nitrogens with one attached hydrogen (secondary N) is 1. The molecule has 0 saturated heterocycles. The third kappa shape index (κ3) is 3.97. The molecule has 1 aromatic rings. The number of methoxy groups -OCH3 is 1. The molecule has 0 aliphatic heterocycles. The van der Waals surface area contributed by atoms with Crippen LogP contribution in [0.5, 0.6) is 5.75 Å². The Balaban J connectivity index is 2.76. The number of nitriles is 1. The minimum Gasteiger partial charge on any atom is -0.497 e. The highest BCUT2D eigenvalue weighted by Gasteiger charge is 2.23. The highest BCUT2D eigenvalue weighted by molar-refractivity contribution is 5.51. The van der Waals surface area contributed by atoms with Gasteiger partial charge in [-0.05, 0) is 26.0 Å². The Labute approximate surface area is 102 Å². The van der Waals surface area contributed by atoms with Gasteiger partial charge < -0.3 is 14.8 Å². The van der Waals surface area contributed by atoms with E-state index in [4.69, 9.17) is 9.47 Å². The summed E-state index contributed by atoms with van der Waals surface area (Å²) >= 11 is 0. The number of benzene rings is 1. The molecule has 92 valence electrons. The van der Waals surface area contributed by atoms with E-state index in [1.165, 1.54) is 0 Å². The Kier molecular flexibility index (Phi) is 4.80. The van der Waals surface area contributed by atoms with Crippen LogP contribution in [0, 0.1) is 11.3 Å². The normalized spacial score (nSPS) is 13.5. The first-order valence-electron chi connectivity index (χ1n) is 5.55. The molecule has 1 unspecified atom stereocenters. The van der Waals surface area contributed by atoms with Gasteiger partial charge in [0.05, 0.1) is 19.8 Å². The quantitative estimate of drug-likeness (QED) is 0.821. The molecule has 0 spiro atoms. The molecule has 0 amide bonds. The maximum absolute atomic E-state index is 9.18. The van der Waals surface area contributed by atoms with Gasteiger partial charge in [-0.2, -0.15) is 5.26 Å². The minimum atomic E-state index is -0.734. The first-order valence-corrected chi connectivity index (χ1v) is 5.55. The summed E-state index contributed by atoms with van der Waals surface area (Å²) in [6.45, 7) is 4.65. The Morgan fingerprint density at radius 2 is 2.24 bits per heavy atom. The third-order valence-electron chi connectivity index (χ3n) is 2.33. The maximum atomic E-state index is 9.18. The van der Waals surface area contributed by atoms with Crippen LogP contribution < -0.4 is 10.1 Å². The Morgan fingerprint density at radius 3 is 2.82 bits per heavy atom. The fraction of sp³-hybridized carbons (Fsp3) is 0.462. The summed E-state index contributed by atoms with van der Waals surface area (Å²) in [5.74, 6) is 0.756. The van der Waals surface area contributed by atoms with Gasteiger partial charge in [-0.15, -0.1) is 0 Å². The predicted octanol–water partition coefficient (Wildman–Crippen LogP) is 2.43. The lowest BCUT2D eigenvalue weighted by molar-refractivity contribution is 0.125. The van der Waals surface area contributed by atoms with E-state index >= 15 is 0 Å². The van der Waals surface area contributed by atoms with Crippen molar-refractivity contribution < 1.29 is 9.47 Å². The van der Waals surface area contributed by atoms with Gasteiger partial charge in [-0.25, -0.2) is 0 Å². The average Bonchev–Trinajstić information content (AvgIpc) is 2.36. The van der Waals surface area contributed by atoms with Gasteiger partial charge in [0.1, 0.15) is 11.3 Å². The molecule has 4 heteroatoms. The van der Waals surface area contributed by atoms with Crippen LogP contribution in [-0.4, -0.2) is 25.9 Å². The van der Waals surface area contributed by atoms with E-state index < -0.39 is 5.54 Å². The highest BCUT2D eigenvalue weighted by Crippen LogP contribution is 2.20. The van der Waals surface area contributed by atoms with Crippen molar-refractivity contribution in [2.24, 2.45) is 0 Å². The van der Waals surface area contributed by atoms with Crippen molar-refractivity contribution in [2.75, 3.05) is 25.6 Å². The number of rotatable bonds is 6. The second-order valence-corrected chi connectivity index (χ2v) is 3.94. The van der Waals surface area contributed by atoms with E-state index in [1.54, 1.807) is 7.11 Å². The van der Waals surface area contributed by atoms with Crippen LogP contribution in [0.15, 0.2) is 24.3 Å². The Hall–Kier alpha value is -1.73. The summed E-state index contributed by atoms with van der Waals surface area (Å²) < 4.78 is 10.4. The van der Waals surface area contributed by atoms with E-state index in [-0.39, 0.29) is 0 Å². The summed E-state index contributed by atoms with van der Waals surface area (Å²) in [6.07, 6.45) is 0. The molecule has 1 N–H and O–H groups in total. The topological polar surface area (TPSA) is 54.3 Å². The SMILES string of the molecule is CCOCC(C)(C#N)Nc1cccc(OC)c1. The van der Waals surface area contributed by atoms with Crippen molar-refractivity contribution in [2.45, 2.75) is 19.4 Å². The van der Waals surface area contributed by atoms with Crippen molar-refractivity contribution in [1.29, 1.82) is 5.26 Å². The fourth-order valence-corrected chi connectivity index (χ4v) is 1.42. The van der Waals surface area contributed by atoms with Gasteiger partial charge in [-0.1, -0.05) is 6.07 Å². The smallest absolute Gasteiger partial charge is 0.146 e. The van der Waals surface area contributed by atoms with Crippen molar-refractivity contribution in [1.82, 2.24) is 0 Å². The highest BCUT2D eigenvalue weighted by atomic mass is 16.5. The monoisotopic (exact) mass is 234 g/mol. The first-order chi connectivity index (χ1) is 8.13. The molecule has 1 aromatic carbocycles. The van der Waals surface area contributed by atoms with E-state index in [9.17, 15) is 5.26 Å². The van der Waals surface area contributed by atoms with Crippen LogP contribution >= 0.6 is 0 Å². The van der Waals surface area contributed by atoms with Gasteiger partial charge >= 0.3 is 0 Å². The molecular formula is C13H18N2O2. The standard InChI is InChI=1S/C13H18N2O2/c1-4-17-10-13(2,9-14)15-11-6-5-7-12(8-11)16-3/h5-8,15H,4,10H2,1-3H3. The zero-order chi connectivity index (χ0) is 12.7. The molecule has 0 fully saturated rings. The van der Waals surface area contributed by atoms with Crippen LogP contribution in [0.1, 0.15) is 13.8 Å². The van der Waals surface area contributed by atoms with Crippen molar-refractivity contribution in [3.8, 4) is 11.8 Å². The molecule has 0 aliphatic carbocycles. The predicted molar refractivity (Wildman–Crippen MR) is 67.1 cm³/mol. The minimum absolute atomic E-state index is 0.344. The molecule has 0 heterocycles. The van der Waals surface area contributed by atoms with E-state index in [1.807, 2.05) is 38.1 Å². The van der Waals surface area contributed by atoms with Crippen LogP contribution in [0.4, 0.5) is 5.69 Å². The molecule has 1 atom stereocenters. The number of hydrogen-bond donors (Lipinski definition) is 1. The number of nitrogens with zero attached hydrogens (tertiary/aromatic N) is 1. The largest absolute Gasteiger partial charge is 0.497 e. The molecule has 0 aromatic heterocycles. The van der Waals surface area contributed by atoms with Crippen LogP contribution in [-0.2, 0) is 4.74 Å². The van der Waals surface area contributed by atoms with Crippen LogP contribution in [0.3, 0.4) is 0 Å². The summed E-state index contributed by atoms with van der Waals surface area (Å²) in [7, 11) is 1.61. The van der Waals surface area contributed by atoms with Gasteiger partial charge in [0.25, 0.3) is 0 Å². The second-order valence-electron chi connectivity index (χ2n) is 3.94. The molecule has 4 nitrogen and oxygen atoms in total. The summed E-state index contributed by atoms with van der Waals surface area (Å²) in [6, 6.07) is 9.70. The molecule has 0 saturated carbocycles. The van der Waals surface area contributed by atoms with Crippen LogP contribution in [0.25, 0.3) is 0 Å². The van der Waals surface area contributed by atoms with E-state index in [2.05, 4.69) is 11.4 Å². The Morgan fingerprint density at radius 1 is 1.47 bits per heavy atom. The number of hydrogen-bond acceptors (Lipinski definition) is 4. The zero-order valence-electron chi connectivity index (χ0n) is 10.5. The average molecular weight is 234 g/mol. The lowest BCUT2D eigenvalue weighted by atomic mass is 10.1.